The Bertz CT molecular complexity index is 173. The van der Waals surface area contributed by atoms with Crippen LogP contribution in [0.15, 0.2) is 0 Å². The van der Waals surface area contributed by atoms with Gasteiger partial charge in [-0.2, -0.15) is 0 Å². The summed E-state index contributed by atoms with van der Waals surface area (Å²) in [4.78, 5) is 35.7. The van der Waals surface area contributed by atoms with Crippen molar-refractivity contribution >= 4 is 23.9 Å². The summed E-state index contributed by atoms with van der Waals surface area (Å²) in [6.45, 7) is 0. The molecule has 0 aliphatic rings. The summed E-state index contributed by atoms with van der Waals surface area (Å²) >= 11 is 0. The van der Waals surface area contributed by atoms with Gasteiger partial charge < -0.3 is 45.1 Å². The summed E-state index contributed by atoms with van der Waals surface area (Å²) in [5, 5.41) is 35.7. The zero-order valence-electron chi connectivity index (χ0n) is 6.08. The first-order valence-corrected chi connectivity index (χ1v) is 2.13. The molecule has 0 aromatic carbocycles. The topological polar surface area (TPSA) is 192 Å². The van der Waals surface area contributed by atoms with Gasteiger partial charge in [0.15, 0.2) is 0 Å². The summed E-state index contributed by atoms with van der Waals surface area (Å²) in [6.07, 6.45) is 0. The van der Waals surface area contributed by atoms with Crippen LogP contribution in [-0.2, 0) is 39.6 Å². The van der Waals surface area contributed by atoms with Crippen LogP contribution in [0.3, 0.4) is 0 Å². The Morgan fingerprint density at radius 2 is 0.643 bits per heavy atom. The van der Waals surface area contributed by atoms with Gasteiger partial charge >= 0.3 is 0 Å². The molecule has 0 fully saturated rings. The van der Waals surface area contributed by atoms with E-state index in [0.29, 0.717) is 0 Å². The zero-order chi connectivity index (χ0) is 10.3. The van der Waals surface area contributed by atoms with Gasteiger partial charge in [-0.15, -0.1) is 0 Å². The van der Waals surface area contributed by atoms with E-state index in [1.807, 2.05) is 0 Å². The molecule has 0 spiro atoms. The van der Waals surface area contributed by atoms with E-state index < -0.39 is 23.9 Å². The van der Waals surface area contributed by atoms with E-state index in [4.69, 9.17) is 39.6 Å². The summed E-state index contributed by atoms with van der Waals surface area (Å²) in [5.41, 5.74) is 0. The molecular weight excluding hydrogens is 298 g/mol. The number of aliphatic carboxylic acids is 4. The van der Waals surface area contributed by atoms with Crippen molar-refractivity contribution in [2.75, 3.05) is 0 Å². The molecule has 0 saturated carbocycles. The van der Waals surface area contributed by atoms with Gasteiger partial charge in [-0.25, -0.2) is 0 Å². The molecule has 0 radical (unpaired) electrons. The Morgan fingerprint density at radius 3 is 0.643 bits per heavy atom. The maximum Gasteiger partial charge on any atom is 0.0870 e. The third kappa shape index (κ3) is 22.4. The average Bonchev–Trinajstić information content (AvgIpc) is 1.88. The van der Waals surface area contributed by atoms with Crippen molar-refractivity contribution in [1.29, 1.82) is 0 Å². The molecule has 0 rings (SSSR count). The Labute approximate surface area is 89.9 Å². The van der Waals surface area contributed by atoms with Gasteiger partial charge in [-0.1, -0.05) is 0 Å². The number of carbonyl (C=O) groups is 4. The van der Waals surface area contributed by atoms with Crippen molar-refractivity contribution in [1.82, 2.24) is 0 Å². The van der Waals surface area contributed by atoms with Crippen molar-refractivity contribution < 1.29 is 65.5 Å². The summed E-state index contributed by atoms with van der Waals surface area (Å²) in [6, 6.07) is 0. The van der Waals surface area contributed by atoms with Crippen LogP contribution in [-0.4, -0.2) is 29.4 Å². The molecular formula is C4H2O9Pd-4. The van der Waals surface area contributed by atoms with Gasteiger partial charge in [0, 0.05) is 20.4 Å². The molecule has 0 heterocycles. The number of hydrogen-bond donors (Lipinski definition) is 0. The van der Waals surface area contributed by atoms with Crippen LogP contribution < -0.4 is 20.4 Å². The minimum atomic E-state index is -2.19. The first-order valence-electron chi connectivity index (χ1n) is 2.13. The fourth-order valence-corrected chi connectivity index (χ4v) is 0. The molecule has 0 aromatic heterocycles. The molecule has 2 N–H and O–H groups in total. The van der Waals surface area contributed by atoms with Crippen LogP contribution in [0.25, 0.3) is 0 Å². The monoisotopic (exact) mass is 300 g/mol. The summed E-state index contributed by atoms with van der Waals surface area (Å²) in [5.74, 6) is -8.74. The fraction of sp³-hybridized carbons (Fsp3) is 0. The van der Waals surface area contributed by atoms with E-state index in [1.165, 1.54) is 0 Å². The van der Waals surface area contributed by atoms with Crippen LogP contribution in [0.5, 0.6) is 0 Å². The number of carboxylic acids is 4. The molecule has 0 aliphatic heterocycles. The van der Waals surface area contributed by atoms with Crippen LogP contribution in [0.4, 0.5) is 0 Å². The second-order valence-corrected chi connectivity index (χ2v) is 1.15. The SMILES string of the molecule is O.O=C([O-])C(=O)[O-].O=C([O-])C(=O)[O-].[Pd]. The molecule has 0 unspecified atom stereocenters. The van der Waals surface area contributed by atoms with Crippen molar-refractivity contribution in [3.8, 4) is 0 Å². The summed E-state index contributed by atoms with van der Waals surface area (Å²) in [7, 11) is 0. The minimum absolute atomic E-state index is 0. The molecule has 10 heteroatoms. The Hall–Kier alpha value is -1.50. The van der Waals surface area contributed by atoms with E-state index in [2.05, 4.69) is 0 Å². The molecule has 0 aliphatic carbocycles. The fourth-order valence-electron chi connectivity index (χ4n) is 0. The number of rotatable bonds is 0. The van der Waals surface area contributed by atoms with E-state index in [0.717, 1.165) is 0 Å². The third-order valence-corrected chi connectivity index (χ3v) is 0.333. The Morgan fingerprint density at radius 1 is 0.571 bits per heavy atom. The van der Waals surface area contributed by atoms with Crippen LogP contribution in [0.2, 0.25) is 0 Å². The zero-order valence-corrected chi connectivity index (χ0v) is 7.64. The predicted molar refractivity (Wildman–Crippen MR) is 23.6 cm³/mol. The molecule has 0 atom stereocenters. The van der Waals surface area contributed by atoms with E-state index in [1.54, 1.807) is 0 Å². The normalized spacial score (nSPS) is 6.29. The summed E-state index contributed by atoms with van der Waals surface area (Å²) < 4.78 is 0. The van der Waals surface area contributed by atoms with Crippen LogP contribution in [0, 0.1) is 0 Å². The van der Waals surface area contributed by atoms with Crippen molar-refractivity contribution in [2.24, 2.45) is 0 Å². The maximum absolute atomic E-state index is 8.93. The van der Waals surface area contributed by atoms with E-state index >= 15 is 0 Å². The standard InChI is InChI=1S/2C2H2O4.H2O.Pd/c2*3-1(4)2(5)6;;/h2*(H,3,4)(H,5,6);1H2;/p-4. The van der Waals surface area contributed by atoms with Crippen molar-refractivity contribution in [3.63, 3.8) is 0 Å². The largest absolute Gasteiger partial charge is 0.543 e. The van der Waals surface area contributed by atoms with Gasteiger partial charge in [-0.3, -0.25) is 0 Å². The van der Waals surface area contributed by atoms with Crippen LogP contribution >= 0.6 is 0 Å². The van der Waals surface area contributed by atoms with Gasteiger partial charge in [0.25, 0.3) is 0 Å². The minimum Gasteiger partial charge on any atom is -0.543 e. The van der Waals surface area contributed by atoms with Gasteiger partial charge in [0.2, 0.25) is 0 Å². The predicted octanol–water partition coefficient (Wildman–Crippen LogP) is -7.85. The quantitative estimate of drug-likeness (QED) is 0.310. The van der Waals surface area contributed by atoms with Crippen molar-refractivity contribution in [2.45, 2.75) is 0 Å². The molecule has 0 saturated heterocycles. The molecule has 86 valence electrons. The van der Waals surface area contributed by atoms with Gasteiger partial charge in [0.1, 0.15) is 0 Å². The first-order chi connectivity index (χ1) is 5.29. The molecule has 14 heavy (non-hydrogen) atoms. The smallest absolute Gasteiger partial charge is 0.0870 e. The first kappa shape index (κ1) is 22.9. The second-order valence-electron chi connectivity index (χ2n) is 1.15. The van der Waals surface area contributed by atoms with Crippen LogP contribution in [0.1, 0.15) is 0 Å². The van der Waals surface area contributed by atoms with E-state index in [9.17, 15) is 0 Å². The molecule has 0 amide bonds. The molecule has 0 bridgehead atoms. The molecule has 0 aromatic rings. The Kier molecular flexibility index (Phi) is 18.8. The number of carboxylic acid groups (broad SMARTS) is 4. The second kappa shape index (κ2) is 11.5. The molecule has 9 nitrogen and oxygen atoms in total. The number of hydrogen-bond acceptors (Lipinski definition) is 8. The van der Waals surface area contributed by atoms with E-state index in [-0.39, 0.29) is 25.9 Å². The Balaban J connectivity index is -0.0000000625. The van der Waals surface area contributed by atoms with Gasteiger partial charge in [0.05, 0.1) is 23.9 Å². The maximum atomic E-state index is 8.93. The third-order valence-electron chi connectivity index (χ3n) is 0.333. The van der Waals surface area contributed by atoms with Gasteiger partial charge in [-0.05, 0) is 0 Å². The number of carbonyl (C=O) groups excluding carboxylic acids is 4. The average molecular weight is 300 g/mol. The van der Waals surface area contributed by atoms with Crippen molar-refractivity contribution in [3.05, 3.63) is 0 Å².